The van der Waals surface area contributed by atoms with Crippen LogP contribution >= 0.6 is 24.0 Å². The van der Waals surface area contributed by atoms with Gasteiger partial charge >= 0.3 is 0 Å². The molecule has 0 saturated carbocycles. The Morgan fingerprint density at radius 3 is 2.83 bits per heavy atom. The van der Waals surface area contributed by atoms with Crippen LogP contribution in [-0.2, 0) is 6.42 Å². The van der Waals surface area contributed by atoms with Crippen molar-refractivity contribution >= 4 is 35.6 Å². The normalized spacial score (nSPS) is 10.9. The Labute approximate surface area is 186 Å². The number of aromatic nitrogens is 3. The van der Waals surface area contributed by atoms with Gasteiger partial charge < -0.3 is 24.5 Å². The van der Waals surface area contributed by atoms with Crippen molar-refractivity contribution in [2.45, 2.75) is 13.3 Å². The predicted octanol–water partition coefficient (Wildman–Crippen LogP) is 3.32. The summed E-state index contributed by atoms with van der Waals surface area (Å²) in [4.78, 5) is 8.65. The fourth-order valence-electron chi connectivity index (χ4n) is 2.56. The quantitative estimate of drug-likeness (QED) is 0.241. The number of aliphatic imine (C=N–C) groups is 1. The SMILES string of the molecule is CCOc1ccc(NC(=NC)NCCc2nc(-c3ccco3)n[nH]2)cc1OC.I. The van der Waals surface area contributed by atoms with Crippen molar-refractivity contribution in [3.05, 3.63) is 42.4 Å². The van der Waals surface area contributed by atoms with Crippen molar-refractivity contribution in [3.8, 4) is 23.1 Å². The maximum Gasteiger partial charge on any atom is 0.216 e. The molecule has 0 aliphatic rings. The third-order valence-electron chi connectivity index (χ3n) is 3.88. The smallest absolute Gasteiger partial charge is 0.216 e. The Kier molecular flexibility index (Phi) is 8.77. The van der Waals surface area contributed by atoms with Gasteiger partial charge in [-0.1, -0.05) is 0 Å². The van der Waals surface area contributed by atoms with E-state index in [1.165, 1.54) is 0 Å². The molecule has 0 amide bonds. The molecule has 3 rings (SSSR count). The van der Waals surface area contributed by atoms with Gasteiger partial charge in [0.15, 0.2) is 23.2 Å². The van der Waals surface area contributed by atoms with E-state index in [1.54, 1.807) is 26.5 Å². The van der Waals surface area contributed by atoms with E-state index in [-0.39, 0.29) is 24.0 Å². The molecule has 0 fully saturated rings. The van der Waals surface area contributed by atoms with Gasteiger partial charge in [-0.05, 0) is 31.2 Å². The molecule has 3 aromatic rings. The maximum atomic E-state index is 5.54. The van der Waals surface area contributed by atoms with Crippen LogP contribution in [0.2, 0.25) is 0 Å². The Bertz CT molecular complexity index is 911. The Morgan fingerprint density at radius 1 is 1.28 bits per heavy atom. The molecule has 0 atom stereocenters. The number of methoxy groups -OCH3 is 1. The second-order valence-electron chi connectivity index (χ2n) is 5.76. The number of benzene rings is 1. The first-order valence-corrected chi connectivity index (χ1v) is 8.97. The van der Waals surface area contributed by atoms with E-state index in [0.29, 0.717) is 48.6 Å². The lowest BCUT2D eigenvalue weighted by atomic mass is 10.2. The average molecular weight is 512 g/mol. The van der Waals surface area contributed by atoms with Crippen LogP contribution in [0.25, 0.3) is 11.6 Å². The fraction of sp³-hybridized carbons (Fsp3) is 0.316. The van der Waals surface area contributed by atoms with Gasteiger partial charge in [0.25, 0.3) is 0 Å². The summed E-state index contributed by atoms with van der Waals surface area (Å²) in [5, 5.41) is 13.5. The van der Waals surface area contributed by atoms with Crippen molar-refractivity contribution < 1.29 is 13.9 Å². The summed E-state index contributed by atoms with van der Waals surface area (Å²) in [5.74, 6) is 3.95. The lowest BCUT2D eigenvalue weighted by Gasteiger charge is -2.14. The second kappa shape index (κ2) is 11.3. The zero-order valence-electron chi connectivity index (χ0n) is 16.6. The van der Waals surface area contributed by atoms with Crippen LogP contribution in [0, 0.1) is 0 Å². The van der Waals surface area contributed by atoms with Crippen LogP contribution in [-0.4, -0.2) is 48.5 Å². The monoisotopic (exact) mass is 512 g/mol. The fourth-order valence-corrected chi connectivity index (χ4v) is 2.56. The number of guanidine groups is 1. The second-order valence-corrected chi connectivity index (χ2v) is 5.76. The van der Waals surface area contributed by atoms with Crippen LogP contribution in [0.5, 0.6) is 11.5 Å². The molecule has 0 radical (unpaired) electrons. The van der Waals surface area contributed by atoms with E-state index in [0.717, 1.165) is 11.5 Å². The van der Waals surface area contributed by atoms with E-state index < -0.39 is 0 Å². The average Bonchev–Trinajstić information content (AvgIpc) is 3.40. The minimum Gasteiger partial charge on any atom is -0.493 e. The Balaban J connectivity index is 0.00000300. The van der Waals surface area contributed by atoms with Crippen LogP contribution < -0.4 is 20.1 Å². The lowest BCUT2D eigenvalue weighted by Crippen LogP contribution is -2.32. The molecule has 1 aromatic carbocycles. The maximum absolute atomic E-state index is 5.54. The molecular weight excluding hydrogens is 487 g/mol. The van der Waals surface area contributed by atoms with E-state index in [1.807, 2.05) is 31.2 Å². The van der Waals surface area contributed by atoms with E-state index in [4.69, 9.17) is 13.9 Å². The minimum absolute atomic E-state index is 0. The molecule has 9 nitrogen and oxygen atoms in total. The molecule has 0 saturated heterocycles. The predicted molar refractivity (Wildman–Crippen MR) is 122 cm³/mol. The Morgan fingerprint density at radius 2 is 2.14 bits per heavy atom. The summed E-state index contributed by atoms with van der Waals surface area (Å²) in [5.41, 5.74) is 0.841. The first-order valence-electron chi connectivity index (χ1n) is 8.97. The largest absolute Gasteiger partial charge is 0.493 e. The molecule has 0 bridgehead atoms. The highest BCUT2D eigenvalue weighted by Crippen LogP contribution is 2.30. The van der Waals surface area contributed by atoms with Crippen molar-refractivity contribution in [1.82, 2.24) is 20.5 Å². The topological polar surface area (TPSA) is 110 Å². The van der Waals surface area contributed by atoms with E-state index in [9.17, 15) is 0 Å². The first-order chi connectivity index (χ1) is 13.7. The third-order valence-corrected chi connectivity index (χ3v) is 3.88. The molecule has 0 spiro atoms. The summed E-state index contributed by atoms with van der Waals surface area (Å²) in [7, 11) is 3.33. The summed E-state index contributed by atoms with van der Waals surface area (Å²) >= 11 is 0. The number of halogens is 1. The van der Waals surface area contributed by atoms with E-state index >= 15 is 0 Å². The molecule has 0 aliphatic heterocycles. The molecule has 156 valence electrons. The molecule has 3 N–H and O–H groups in total. The van der Waals surface area contributed by atoms with Crippen molar-refractivity contribution in [1.29, 1.82) is 0 Å². The minimum atomic E-state index is 0. The van der Waals surface area contributed by atoms with Gasteiger partial charge in [-0.3, -0.25) is 10.1 Å². The Hall–Kier alpha value is -2.76. The number of nitrogens with zero attached hydrogens (tertiary/aromatic N) is 3. The summed E-state index contributed by atoms with van der Waals surface area (Å²) in [6.07, 6.45) is 2.25. The lowest BCUT2D eigenvalue weighted by molar-refractivity contribution is 0.311. The van der Waals surface area contributed by atoms with Crippen LogP contribution in [0.1, 0.15) is 12.7 Å². The van der Waals surface area contributed by atoms with Crippen molar-refractivity contribution in [2.24, 2.45) is 4.99 Å². The molecule has 2 aromatic heterocycles. The van der Waals surface area contributed by atoms with Gasteiger partial charge in [-0.25, -0.2) is 4.98 Å². The van der Waals surface area contributed by atoms with Gasteiger partial charge in [0.1, 0.15) is 5.82 Å². The summed E-state index contributed by atoms with van der Waals surface area (Å²) in [6, 6.07) is 9.26. The highest BCUT2D eigenvalue weighted by Gasteiger charge is 2.09. The molecule has 2 heterocycles. The standard InChI is InChI=1S/C19H24N6O3.HI/c1-4-27-14-8-7-13(12-16(14)26-3)22-19(20-2)21-10-9-17-23-18(25-24-17)15-6-5-11-28-15;/h5-8,11-12H,4,9-10H2,1-3H3,(H2,20,21,22)(H,23,24,25);1H. The van der Waals surface area contributed by atoms with Crippen molar-refractivity contribution in [2.75, 3.05) is 32.6 Å². The number of H-pyrrole nitrogens is 1. The first kappa shape index (κ1) is 22.5. The van der Waals surface area contributed by atoms with E-state index in [2.05, 4.69) is 30.8 Å². The number of nitrogens with one attached hydrogen (secondary N) is 3. The molecular formula is C19H25IN6O3. The number of ether oxygens (including phenoxy) is 2. The van der Waals surface area contributed by atoms with Gasteiger partial charge in [0.2, 0.25) is 5.82 Å². The number of hydrogen-bond donors (Lipinski definition) is 3. The van der Waals surface area contributed by atoms with Gasteiger partial charge in [0, 0.05) is 31.8 Å². The number of aromatic amines is 1. The highest BCUT2D eigenvalue weighted by molar-refractivity contribution is 14.0. The molecule has 10 heteroatoms. The van der Waals surface area contributed by atoms with Gasteiger partial charge in [0.05, 0.1) is 20.0 Å². The number of rotatable bonds is 8. The number of furan rings is 1. The van der Waals surface area contributed by atoms with Gasteiger partial charge in [-0.15, -0.1) is 24.0 Å². The molecule has 29 heavy (non-hydrogen) atoms. The van der Waals surface area contributed by atoms with Crippen LogP contribution in [0.15, 0.2) is 46.0 Å². The third kappa shape index (κ3) is 6.11. The zero-order valence-corrected chi connectivity index (χ0v) is 18.9. The zero-order chi connectivity index (χ0) is 19.8. The summed E-state index contributed by atoms with van der Waals surface area (Å²) in [6.45, 7) is 3.14. The van der Waals surface area contributed by atoms with Crippen molar-refractivity contribution in [3.63, 3.8) is 0 Å². The van der Waals surface area contributed by atoms with Crippen LogP contribution in [0.4, 0.5) is 5.69 Å². The number of hydrogen-bond acceptors (Lipinski definition) is 6. The van der Waals surface area contributed by atoms with Crippen LogP contribution in [0.3, 0.4) is 0 Å². The molecule has 0 aliphatic carbocycles. The number of anilines is 1. The summed E-state index contributed by atoms with van der Waals surface area (Å²) < 4.78 is 16.2. The highest BCUT2D eigenvalue weighted by atomic mass is 127. The van der Waals surface area contributed by atoms with Gasteiger partial charge in [-0.2, -0.15) is 5.10 Å². The molecule has 0 unspecified atom stereocenters.